The van der Waals surface area contributed by atoms with E-state index in [4.69, 9.17) is 0 Å². The van der Waals surface area contributed by atoms with Crippen LogP contribution in [-0.2, 0) is 6.42 Å². The van der Waals surface area contributed by atoms with E-state index in [-0.39, 0.29) is 0 Å². The smallest absolute Gasteiger partial charge is 0.0940 e. The summed E-state index contributed by atoms with van der Waals surface area (Å²) in [5.41, 5.74) is 0. The molecule has 1 aliphatic carbocycles. The van der Waals surface area contributed by atoms with Gasteiger partial charge >= 0.3 is 0 Å². The molecule has 0 amide bonds. The van der Waals surface area contributed by atoms with Crippen LogP contribution in [0.2, 0.25) is 0 Å². The Morgan fingerprint density at radius 3 is 3.12 bits per heavy atom. The second-order valence-corrected chi connectivity index (χ2v) is 5.79. The van der Waals surface area contributed by atoms with Crippen molar-refractivity contribution in [2.24, 2.45) is 5.92 Å². The number of allylic oxidation sites excluding steroid dienone is 2. The third-order valence-corrected chi connectivity index (χ3v) is 3.97. The van der Waals surface area contributed by atoms with Crippen molar-refractivity contribution in [1.82, 2.24) is 10.3 Å². The van der Waals surface area contributed by atoms with E-state index in [2.05, 4.69) is 29.4 Å². The molecule has 1 heterocycles. The molecular weight excluding hydrogens is 216 g/mol. The number of aryl methyl sites for hydroxylation is 1. The Hall–Kier alpha value is -0.670. The van der Waals surface area contributed by atoms with Crippen LogP contribution >= 0.6 is 11.3 Å². The van der Waals surface area contributed by atoms with Crippen molar-refractivity contribution in [2.45, 2.75) is 32.6 Å². The standard InChI is InChI=1S/C13H20N2S/c1-11-9-15-13(16-11)7-8-14-10-12-5-3-2-4-6-12/h2-3,9,12,14H,4-8,10H2,1H3. The molecule has 0 aliphatic heterocycles. The van der Waals surface area contributed by atoms with Gasteiger partial charge in [0.05, 0.1) is 5.01 Å². The molecule has 1 unspecified atom stereocenters. The number of hydrogen-bond donors (Lipinski definition) is 1. The maximum Gasteiger partial charge on any atom is 0.0940 e. The molecular formula is C13H20N2S. The van der Waals surface area contributed by atoms with E-state index in [1.54, 1.807) is 0 Å². The number of thiazole rings is 1. The Balaban J connectivity index is 1.59. The molecule has 1 atom stereocenters. The highest BCUT2D eigenvalue weighted by atomic mass is 32.1. The van der Waals surface area contributed by atoms with Gasteiger partial charge in [-0.15, -0.1) is 11.3 Å². The van der Waals surface area contributed by atoms with Gasteiger partial charge in [-0.1, -0.05) is 12.2 Å². The van der Waals surface area contributed by atoms with Crippen LogP contribution in [0.4, 0.5) is 0 Å². The summed E-state index contributed by atoms with van der Waals surface area (Å²) in [4.78, 5) is 5.68. The normalized spacial score (nSPS) is 20.2. The third kappa shape index (κ3) is 3.72. The van der Waals surface area contributed by atoms with Crippen molar-refractivity contribution in [3.8, 4) is 0 Å². The molecule has 2 rings (SSSR count). The van der Waals surface area contributed by atoms with Crippen molar-refractivity contribution in [3.05, 3.63) is 28.2 Å². The summed E-state index contributed by atoms with van der Waals surface area (Å²) in [6, 6.07) is 0. The van der Waals surface area contributed by atoms with Gasteiger partial charge in [0, 0.05) is 24.0 Å². The molecule has 0 bridgehead atoms. The van der Waals surface area contributed by atoms with Crippen LogP contribution in [0.5, 0.6) is 0 Å². The minimum atomic E-state index is 0.850. The van der Waals surface area contributed by atoms with Crippen LogP contribution in [0.15, 0.2) is 18.3 Å². The van der Waals surface area contributed by atoms with Crippen LogP contribution in [-0.4, -0.2) is 18.1 Å². The molecule has 1 aromatic rings. The molecule has 16 heavy (non-hydrogen) atoms. The zero-order valence-corrected chi connectivity index (χ0v) is 10.7. The summed E-state index contributed by atoms with van der Waals surface area (Å²) >= 11 is 1.81. The van der Waals surface area contributed by atoms with E-state index in [1.165, 1.54) is 29.1 Å². The first-order chi connectivity index (χ1) is 7.84. The van der Waals surface area contributed by atoms with Gasteiger partial charge in [-0.05, 0) is 38.6 Å². The van der Waals surface area contributed by atoms with Gasteiger partial charge in [-0.3, -0.25) is 0 Å². The van der Waals surface area contributed by atoms with Gasteiger partial charge in [0.15, 0.2) is 0 Å². The molecule has 0 fully saturated rings. The average molecular weight is 236 g/mol. The quantitative estimate of drug-likeness (QED) is 0.628. The summed E-state index contributed by atoms with van der Waals surface area (Å²) in [5.74, 6) is 0.850. The van der Waals surface area contributed by atoms with Crippen LogP contribution in [0.1, 0.15) is 29.1 Å². The Morgan fingerprint density at radius 1 is 1.50 bits per heavy atom. The molecule has 1 N–H and O–H groups in total. The Kier molecular flexibility index (Phi) is 4.55. The second kappa shape index (κ2) is 6.16. The summed E-state index contributed by atoms with van der Waals surface area (Å²) in [6.07, 6.45) is 11.5. The topological polar surface area (TPSA) is 24.9 Å². The Morgan fingerprint density at radius 2 is 2.44 bits per heavy atom. The summed E-state index contributed by atoms with van der Waals surface area (Å²) in [7, 11) is 0. The maximum atomic E-state index is 4.37. The summed E-state index contributed by atoms with van der Waals surface area (Å²) < 4.78 is 0. The lowest BCUT2D eigenvalue weighted by Gasteiger charge is -2.17. The Bertz CT molecular complexity index is 343. The number of aromatic nitrogens is 1. The molecule has 0 radical (unpaired) electrons. The molecule has 0 spiro atoms. The second-order valence-electron chi connectivity index (χ2n) is 4.47. The predicted molar refractivity (Wildman–Crippen MR) is 69.9 cm³/mol. The highest BCUT2D eigenvalue weighted by molar-refractivity contribution is 7.11. The number of rotatable bonds is 5. The fourth-order valence-electron chi connectivity index (χ4n) is 2.06. The molecule has 0 saturated heterocycles. The fraction of sp³-hybridized carbons (Fsp3) is 0.615. The van der Waals surface area contributed by atoms with E-state index in [0.717, 1.165) is 25.4 Å². The molecule has 0 saturated carbocycles. The fourth-order valence-corrected chi connectivity index (χ4v) is 2.85. The van der Waals surface area contributed by atoms with Gasteiger partial charge in [0.1, 0.15) is 0 Å². The van der Waals surface area contributed by atoms with Crippen molar-refractivity contribution < 1.29 is 0 Å². The Labute approximate surface area is 102 Å². The minimum Gasteiger partial charge on any atom is -0.316 e. The van der Waals surface area contributed by atoms with E-state index in [0.29, 0.717) is 0 Å². The lowest BCUT2D eigenvalue weighted by molar-refractivity contribution is 0.442. The molecule has 2 nitrogen and oxygen atoms in total. The van der Waals surface area contributed by atoms with Crippen LogP contribution in [0.25, 0.3) is 0 Å². The maximum absolute atomic E-state index is 4.37. The van der Waals surface area contributed by atoms with Gasteiger partial charge in [-0.25, -0.2) is 4.98 Å². The number of nitrogens with one attached hydrogen (secondary N) is 1. The zero-order chi connectivity index (χ0) is 11.2. The van der Waals surface area contributed by atoms with Gasteiger partial charge < -0.3 is 5.32 Å². The van der Waals surface area contributed by atoms with E-state index < -0.39 is 0 Å². The molecule has 3 heteroatoms. The zero-order valence-electron chi connectivity index (χ0n) is 9.91. The SMILES string of the molecule is Cc1cnc(CCNCC2CC=CCC2)s1. The van der Waals surface area contributed by atoms with E-state index in [1.807, 2.05) is 17.5 Å². The van der Waals surface area contributed by atoms with Crippen LogP contribution in [0.3, 0.4) is 0 Å². The molecule has 88 valence electrons. The monoisotopic (exact) mass is 236 g/mol. The van der Waals surface area contributed by atoms with Crippen molar-refractivity contribution in [2.75, 3.05) is 13.1 Å². The van der Waals surface area contributed by atoms with Gasteiger partial charge in [-0.2, -0.15) is 0 Å². The number of nitrogens with zero attached hydrogens (tertiary/aromatic N) is 1. The average Bonchev–Trinajstić information content (AvgIpc) is 2.72. The molecule has 0 aromatic carbocycles. The number of hydrogen-bond acceptors (Lipinski definition) is 3. The molecule has 1 aromatic heterocycles. The minimum absolute atomic E-state index is 0.850. The first-order valence-corrected chi connectivity index (χ1v) is 6.93. The van der Waals surface area contributed by atoms with Gasteiger partial charge in [0.25, 0.3) is 0 Å². The molecule has 1 aliphatic rings. The van der Waals surface area contributed by atoms with E-state index in [9.17, 15) is 0 Å². The van der Waals surface area contributed by atoms with Crippen molar-refractivity contribution in [1.29, 1.82) is 0 Å². The highest BCUT2D eigenvalue weighted by Crippen LogP contribution is 2.17. The first-order valence-electron chi connectivity index (χ1n) is 6.11. The largest absolute Gasteiger partial charge is 0.316 e. The van der Waals surface area contributed by atoms with Crippen LogP contribution < -0.4 is 5.32 Å². The van der Waals surface area contributed by atoms with Crippen LogP contribution in [0, 0.1) is 12.8 Å². The van der Waals surface area contributed by atoms with Crippen molar-refractivity contribution in [3.63, 3.8) is 0 Å². The predicted octanol–water partition coefficient (Wildman–Crippen LogP) is 2.94. The summed E-state index contributed by atoms with van der Waals surface area (Å²) in [5, 5.41) is 4.80. The third-order valence-electron chi connectivity index (χ3n) is 3.00. The lowest BCUT2D eigenvalue weighted by atomic mass is 9.94. The first kappa shape index (κ1) is 11.8. The lowest BCUT2D eigenvalue weighted by Crippen LogP contribution is -2.25. The highest BCUT2D eigenvalue weighted by Gasteiger charge is 2.08. The van der Waals surface area contributed by atoms with Gasteiger partial charge in [0.2, 0.25) is 0 Å². The van der Waals surface area contributed by atoms with E-state index >= 15 is 0 Å². The summed E-state index contributed by atoms with van der Waals surface area (Å²) in [6.45, 7) is 4.34. The van der Waals surface area contributed by atoms with Crippen molar-refractivity contribution >= 4 is 11.3 Å².